The minimum absolute atomic E-state index is 0.00555. The maximum atomic E-state index is 12.2. The topological polar surface area (TPSA) is 66.8 Å². The largest absolute Gasteiger partial charge is 0.335 e. The molecule has 18 heavy (non-hydrogen) atoms. The first-order valence-corrected chi connectivity index (χ1v) is 6.04. The number of hydrogen-bond acceptors (Lipinski definition) is 3. The summed E-state index contributed by atoms with van der Waals surface area (Å²) in [5, 5.41) is 11.0. The highest BCUT2D eigenvalue weighted by molar-refractivity contribution is 5.92. The van der Waals surface area contributed by atoms with Crippen LogP contribution < -0.4 is 0 Å². The smallest absolute Gasteiger partial charge is 0.274 e. The predicted molar refractivity (Wildman–Crippen MR) is 65.1 cm³/mol. The second-order valence-corrected chi connectivity index (χ2v) is 4.62. The molecule has 1 unspecified atom stereocenters. The molecule has 94 valence electrons. The van der Waals surface area contributed by atoms with Crippen LogP contribution in [-0.2, 0) is 0 Å². The molecule has 0 radical (unpaired) electrons. The van der Waals surface area contributed by atoms with Crippen molar-refractivity contribution in [1.29, 1.82) is 0 Å². The van der Waals surface area contributed by atoms with E-state index in [2.05, 4.69) is 15.3 Å². The lowest BCUT2D eigenvalue weighted by Gasteiger charge is -2.15. The molecule has 3 rings (SSSR count). The van der Waals surface area contributed by atoms with Crippen molar-refractivity contribution >= 4 is 5.91 Å². The highest BCUT2D eigenvalue weighted by atomic mass is 16.2. The van der Waals surface area contributed by atoms with Crippen molar-refractivity contribution in [2.45, 2.75) is 19.4 Å². The molecule has 1 saturated heterocycles. The lowest BCUT2D eigenvalue weighted by Crippen LogP contribution is -2.29. The molecule has 1 amide bonds. The molecule has 2 aromatic rings. The van der Waals surface area contributed by atoms with E-state index in [0.29, 0.717) is 12.2 Å². The summed E-state index contributed by atoms with van der Waals surface area (Å²) in [5.41, 5.74) is 1.40. The molecule has 0 aromatic carbocycles. The van der Waals surface area contributed by atoms with Gasteiger partial charge in [0.05, 0.1) is 6.04 Å². The normalized spacial score (nSPS) is 19.4. The van der Waals surface area contributed by atoms with Crippen LogP contribution in [0.1, 0.15) is 28.6 Å². The van der Waals surface area contributed by atoms with Crippen LogP contribution in [0.5, 0.6) is 0 Å². The first-order valence-electron chi connectivity index (χ1n) is 6.04. The Labute approximate surface area is 105 Å². The Morgan fingerprint density at radius 3 is 3.11 bits per heavy atom. The second kappa shape index (κ2) is 4.29. The fraction of sp³-hybridized carbons (Fsp3) is 0.417. The van der Waals surface area contributed by atoms with E-state index in [1.807, 2.05) is 28.8 Å². The van der Waals surface area contributed by atoms with Crippen LogP contribution in [0.15, 0.2) is 24.5 Å². The third-order valence-electron chi connectivity index (χ3n) is 3.27. The Morgan fingerprint density at radius 2 is 2.44 bits per heavy atom. The summed E-state index contributed by atoms with van der Waals surface area (Å²) in [6.45, 7) is 3.35. The van der Waals surface area contributed by atoms with Gasteiger partial charge in [-0.25, -0.2) is 0 Å². The number of likely N-dealkylation sites (tertiary alicyclic amines) is 1. The molecule has 0 bridgehead atoms. The van der Waals surface area contributed by atoms with Gasteiger partial charge in [0.15, 0.2) is 0 Å². The number of carbonyl (C=O) groups excluding carboxylic acids is 1. The molecular formula is C12H15N5O. The van der Waals surface area contributed by atoms with Crippen molar-refractivity contribution in [3.63, 3.8) is 0 Å². The summed E-state index contributed by atoms with van der Waals surface area (Å²) in [6, 6.07) is 3.97. The van der Waals surface area contributed by atoms with Crippen LogP contribution in [0, 0.1) is 6.92 Å². The third-order valence-corrected chi connectivity index (χ3v) is 3.27. The molecule has 6 nitrogen and oxygen atoms in total. The van der Waals surface area contributed by atoms with Crippen LogP contribution in [0.4, 0.5) is 0 Å². The first-order chi connectivity index (χ1) is 8.74. The van der Waals surface area contributed by atoms with E-state index in [-0.39, 0.29) is 11.9 Å². The average molecular weight is 245 g/mol. The number of aromatic nitrogens is 4. The second-order valence-electron chi connectivity index (χ2n) is 4.62. The summed E-state index contributed by atoms with van der Waals surface area (Å²) in [7, 11) is 0. The minimum Gasteiger partial charge on any atom is -0.335 e. The number of H-pyrrole nitrogens is 1. The summed E-state index contributed by atoms with van der Waals surface area (Å²) >= 11 is 0. The van der Waals surface area contributed by atoms with E-state index in [1.165, 1.54) is 0 Å². The number of hydrogen-bond donors (Lipinski definition) is 1. The number of aromatic amines is 1. The van der Waals surface area contributed by atoms with Crippen molar-refractivity contribution in [1.82, 2.24) is 24.9 Å². The predicted octanol–water partition coefficient (Wildman–Crippen LogP) is 1.00. The Morgan fingerprint density at radius 1 is 1.56 bits per heavy atom. The maximum Gasteiger partial charge on any atom is 0.274 e. The Kier molecular flexibility index (Phi) is 2.62. The molecule has 1 fully saturated rings. The lowest BCUT2D eigenvalue weighted by molar-refractivity contribution is 0.0781. The van der Waals surface area contributed by atoms with Crippen LogP contribution in [0.3, 0.4) is 0 Å². The van der Waals surface area contributed by atoms with Crippen molar-refractivity contribution in [3.05, 3.63) is 35.9 Å². The van der Waals surface area contributed by atoms with Gasteiger partial charge in [-0.1, -0.05) is 0 Å². The van der Waals surface area contributed by atoms with Crippen molar-refractivity contribution in [2.24, 2.45) is 0 Å². The quantitative estimate of drug-likeness (QED) is 0.858. The maximum absolute atomic E-state index is 12.2. The van der Waals surface area contributed by atoms with Gasteiger partial charge in [-0.15, -0.1) is 0 Å². The molecular weight excluding hydrogens is 230 g/mol. The molecule has 1 aliphatic heterocycles. The van der Waals surface area contributed by atoms with E-state index < -0.39 is 0 Å². The summed E-state index contributed by atoms with van der Waals surface area (Å²) < 4.78 is 1.92. The highest BCUT2D eigenvalue weighted by Gasteiger charge is 2.29. The van der Waals surface area contributed by atoms with E-state index in [4.69, 9.17) is 0 Å². The van der Waals surface area contributed by atoms with Crippen LogP contribution in [0.25, 0.3) is 0 Å². The molecule has 2 aromatic heterocycles. The first kappa shape index (κ1) is 11.0. The Hall–Kier alpha value is -2.11. The SMILES string of the molecule is Cc1cc(C(=O)N2CCC(n3cccn3)C2)n[nH]1. The fourth-order valence-corrected chi connectivity index (χ4v) is 2.33. The highest BCUT2D eigenvalue weighted by Crippen LogP contribution is 2.21. The van der Waals surface area contributed by atoms with E-state index in [9.17, 15) is 4.79 Å². The lowest BCUT2D eigenvalue weighted by atomic mass is 10.3. The van der Waals surface area contributed by atoms with Crippen LogP contribution >= 0.6 is 0 Å². The third kappa shape index (κ3) is 1.90. The summed E-state index contributed by atoms with van der Waals surface area (Å²) in [6.07, 6.45) is 4.65. The van der Waals surface area contributed by atoms with Crippen molar-refractivity contribution < 1.29 is 4.79 Å². The molecule has 1 N–H and O–H groups in total. The molecule has 0 spiro atoms. The standard InChI is InChI=1S/C12H15N5O/c1-9-7-11(15-14-9)12(18)16-6-3-10(8-16)17-5-2-4-13-17/h2,4-5,7,10H,3,6,8H2,1H3,(H,14,15). The molecule has 3 heterocycles. The van der Waals surface area contributed by atoms with Gasteiger partial charge in [0.25, 0.3) is 5.91 Å². The van der Waals surface area contributed by atoms with E-state index >= 15 is 0 Å². The van der Waals surface area contributed by atoms with Gasteiger partial charge in [-0.05, 0) is 25.5 Å². The van der Waals surface area contributed by atoms with Gasteiger partial charge < -0.3 is 4.90 Å². The van der Waals surface area contributed by atoms with Crippen LogP contribution in [0.2, 0.25) is 0 Å². The van der Waals surface area contributed by atoms with Gasteiger partial charge in [-0.2, -0.15) is 10.2 Å². The Balaban J connectivity index is 1.70. The van der Waals surface area contributed by atoms with E-state index in [0.717, 1.165) is 18.7 Å². The van der Waals surface area contributed by atoms with Gasteiger partial charge in [0.1, 0.15) is 5.69 Å². The molecule has 0 saturated carbocycles. The fourth-order valence-electron chi connectivity index (χ4n) is 2.33. The van der Waals surface area contributed by atoms with Gasteiger partial charge in [0.2, 0.25) is 0 Å². The zero-order valence-electron chi connectivity index (χ0n) is 10.2. The number of rotatable bonds is 2. The molecule has 0 aliphatic carbocycles. The van der Waals surface area contributed by atoms with Gasteiger partial charge >= 0.3 is 0 Å². The summed E-state index contributed by atoms with van der Waals surface area (Å²) in [5.74, 6) is -0.00555. The van der Waals surface area contributed by atoms with Crippen molar-refractivity contribution in [3.8, 4) is 0 Å². The van der Waals surface area contributed by atoms with Crippen LogP contribution in [-0.4, -0.2) is 43.9 Å². The zero-order valence-corrected chi connectivity index (χ0v) is 10.2. The van der Waals surface area contributed by atoms with Gasteiger partial charge in [0, 0.05) is 31.2 Å². The average Bonchev–Trinajstić information content (AvgIpc) is 3.09. The Bertz CT molecular complexity index is 545. The molecule has 1 atom stereocenters. The van der Waals surface area contributed by atoms with E-state index in [1.54, 1.807) is 12.3 Å². The number of nitrogens with zero attached hydrogens (tertiary/aromatic N) is 4. The van der Waals surface area contributed by atoms with Gasteiger partial charge in [-0.3, -0.25) is 14.6 Å². The number of carbonyl (C=O) groups is 1. The van der Waals surface area contributed by atoms with Crippen molar-refractivity contribution in [2.75, 3.05) is 13.1 Å². The summed E-state index contributed by atoms with van der Waals surface area (Å²) in [4.78, 5) is 14.0. The number of nitrogens with one attached hydrogen (secondary N) is 1. The number of aryl methyl sites for hydroxylation is 1. The molecule has 1 aliphatic rings. The zero-order chi connectivity index (χ0) is 12.5. The molecule has 6 heteroatoms. The monoisotopic (exact) mass is 245 g/mol. The minimum atomic E-state index is -0.00555. The number of amides is 1.